The molecule has 0 radical (unpaired) electrons. The Morgan fingerprint density at radius 1 is 1.19 bits per heavy atom. The van der Waals surface area contributed by atoms with Crippen molar-refractivity contribution in [1.82, 2.24) is 4.90 Å². The number of anilines is 1. The third kappa shape index (κ3) is 4.35. The first-order valence-corrected chi connectivity index (χ1v) is 8.42. The number of hydrogen-bond acceptors (Lipinski definition) is 3. The number of halogens is 1. The second-order valence-corrected chi connectivity index (χ2v) is 6.67. The van der Waals surface area contributed by atoms with Gasteiger partial charge in [0.1, 0.15) is 0 Å². The van der Waals surface area contributed by atoms with Crippen LogP contribution in [-0.2, 0) is 6.42 Å². The third-order valence-corrected chi connectivity index (χ3v) is 4.80. The summed E-state index contributed by atoms with van der Waals surface area (Å²) in [5.41, 5.74) is 8.42. The maximum Gasteiger partial charge on any atom is 0.0459 e. The lowest BCUT2D eigenvalue weighted by Crippen LogP contribution is -2.48. The molecule has 0 spiro atoms. The molecule has 1 aliphatic heterocycles. The molecule has 1 heterocycles. The maximum absolute atomic E-state index is 6.44. The molecule has 2 rings (SSSR count). The third-order valence-electron chi connectivity index (χ3n) is 4.45. The predicted molar refractivity (Wildman–Crippen MR) is 92.3 cm³/mol. The molecule has 0 aliphatic carbocycles. The van der Waals surface area contributed by atoms with Crippen molar-refractivity contribution in [2.24, 2.45) is 5.73 Å². The minimum absolute atomic E-state index is 0.197. The lowest BCUT2D eigenvalue weighted by molar-refractivity contribution is 0.209. The number of rotatable bonds is 5. The van der Waals surface area contributed by atoms with E-state index < -0.39 is 0 Å². The number of benzene rings is 1. The van der Waals surface area contributed by atoms with E-state index in [-0.39, 0.29) is 6.04 Å². The molecule has 2 N–H and O–H groups in total. The van der Waals surface area contributed by atoms with Crippen LogP contribution in [0.2, 0.25) is 5.02 Å². The van der Waals surface area contributed by atoms with Crippen LogP contribution in [0.3, 0.4) is 0 Å². The summed E-state index contributed by atoms with van der Waals surface area (Å²) in [4.78, 5) is 4.95. The first kappa shape index (κ1) is 16.6. The number of nitrogens with two attached hydrogens (primary N) is 1. The van der Waals surface area contributed by atoms with Gasteiger partial charge in [-0.2, -0.15) is 0 Å². The largest absolute Gasteiger partial charge is 0.369 e. The quantitative estimate of drug-likeness (QED) is 0.907. The van der Waals surface area contributed by atoms with Crippen molar-refractivity contribution >= 4 is 17.3 Å². The van der Waals surface area contributed by atoms with E-state index in [2.05, 4.69) is 48.8 Å². The summed E-state index contributed by atoms with van der Waals surface area (Å²) < 4.78 is 0. The smallest absolute Gasteiger partial charge is 0.0459 e. The molecule has 1 aliphatic rings. The van der Waals surface area contributed by atoms with Gasteiger partial charge in [-0.25, -0.2) is 0 Å². The molecule has 1 unspecified atom stereocenters. The Morgan fingerprint density at radius 3 is 2.38 bits per heavy atom. The zero-order valence-electron chi connectivity index (χ0n) is 13.5. The predicted octanol–water partition coefficient (Wildman–Crippen LogP) is 3.15. The fraction of sp³-hybridized carbons (Fsp3) is 0.647. The van der Waals surface area contributed by atoms with E-state index in [0.717, 1.165) is 49.6 Å². The molecule has 1 saturated heterocycles. The van der Waals surface area contributed by atoms with Gasteiger partial charge in [-0.05, 0) is 44.4 Å². The fourth-order valence-electron chi connectivity index (χ4n) is 2.82. The molecule has 4 heteroatoms. The van der Waals surface area contributed by atoms with E-state index in [4.69, 9.17) is 17.3 Å². The molecular weight excluding hydrogens is 282 g/mol. The molecule has 1 aromatic carbocycles. The van der Waals surface area contributed by atoms with Gasteiger partial charge in [0.25, 0.3) is 0 Å². The minimum Gasteiger partial charge on any atom is -0.369 e. The van der Waals surface area contributed by atoms with Gasteiger partial charge in [-0.15, -0.1) is 0 Å². The highest BCUT2D eigenvalue weighted by atomic mass is 35.5. The zero-order chi connectivity index (χ0) is 15.4. The second-order valence-electron chi connectivity index (χ2n) is 6.26. The Hall–Kier alpha value is -0.770. The van der Waals surface area contributed by atoms with Gasteiger partial charge in [-0.3, -0.25) is 4.90 Å². The summed E-state index contributed by atoms with van der Waals surface area (Å²) in [7, 11) is 0. The minimum atomic E-state index is 0.197. The van der Waals surface area contributed by atoms with Gasteiger partial charge in [0.2, 0.25) is 0 Å². The van der Waals surface area contributed by atoms with Crippen molar-refractivity contribution in [3.8, 4) is 0 Å². The van der Waals surface area contributed by atoms with Crippen molar-refractivity contribution in [2.75, 3.05) is 31.1 Å². The van der Waals surface area contributed by atoms with Crippen LogP contribution in [0.5, 0.6) is 0 Å². The van der Waals surface area contributed by atoms with Gasteiger partial charge >= 0.3 is 0 Å². The van der Waals surface area contributed by atoms with Crippen molar-refractivity contribution in [3.63, 3.8) is 0 Å². The monoisotopic (exact) mass is 309 g/mol. The Labute approximate surface area is 134 Å². The van der Waals surface area contributed by atoms with Gasteiger partial charge < -0.3 is 10.6 Å². The number of piperazine rings is 1. The lowest BCUT2D eigenvalue weighted by atomic mass is 10.0. The molecule has 0 amide bonds. The molecule has 1 aromatic rings. The molecule has 0 saturated carbocycles. The van der Waals surface area contributed by atoms with Crippen molar-refractivity contribution in [3.05, 3.63) is 28.8 Å². The molecule has 1 fully saturated rings. The first-order valence-electron chi connectivity index (χ1n) is 8.04. The fourth-order valence-corrected chi connectivity index (χ4v) is 3.07. The van der Waals surface area contributed by atoms with Crippen molar-refractivity contribution < 1.29 is 0 Å². The molecule has 0 bridgehead atoms. The van der Waals surface area contributed by atoms with Crippen molar-refractivity contribution in [1.29, 1.82) is 0 Å². The van der Waals surface area contributed by atoms with Crippen molar-refractivity contribution in [2.45, 2.75) is 45.7 Å². The Morgan fingerprint density at radius 2 is 1.86 bits per heavy atom. The van der Waals surface area contributed by atoms with Crippen LogP contribution < -0.4 is 10.6 Å². The maximum atomic E-state index is 6.44. The molecule has 118 valence electrons. The summed E-state index contributed by atoms with van der Waals surface area (Å²) >= 11 is 6.44. The highest BCUT2D eigenvalue weighted by Crippen LogP contribution is 2.26. The number of hydrogen-bond donors (Lipinski definition) is 1. The molecule has 3 nitrogen and oxygen atoms in total. The highest BCUT2D eigenvalue weighted by Gasteiger charge is 2.19. The molecule has 1 atom stereocenters. The van der Waals surface area contributed by atoms with E-state index in [1.807, 2.05) is 0 Å². The average molecular weight is 310 g/mol. The molecular formula is C17H28ClN3. The van der Waals surface area contributed by atoms with E-state index in [0.29, 0.717) is 6.04 Å². The van der Waals surface area contributed by atoms with E-state index in [1.165, 1.54) is 5.69 Å². The lowest BCUT2D eigenvalue weighted by Gasteiger charge is -2.38. The summed E-state index contributed by atoms with van der Waals surface area (Å²) in [5, 5.41) is 0.850. The normalized spacial score (nSPS) is 18.3. The Balaban J connectivity index is 2.00. The summed E-state index contributed by atoms with van der Waals surface area (Å²) in [6.07, 6.45) is 1.84. The van der Waals surface area contributed by atoms with Gasteiger partial charge in [0.05, 0.1) is 0 Å². The Kier molecular flexibility index (Phi) is 5.91. The standard InChI is InChI=1S/C17H28ClN3/c1-4-15(19)11-14-5-6-16(12-17(14)18)21-9-7-20(8-10-21)13(2)3/h5-6,12-13,15H,4,7-11,19H2,1-3H3. The topological polar surface area (TPSA) is 32.5 Å². The van der Waals surface area contributed by atoms with Crippen LogP contribution in [0, 0.1) is 0 Å². The van der Waals surface area contributed by atoms with E-state index in [1.54, 1.807) is 0 Å². The SMILES string of the molecule is CCC(N)Cc1ccc(N2CCN(C(C)C)CC2)cc1Cl. The van der Waals surface area contributed by atoms with Gasteiger partial charge in [0.15, 0.2) is 0 Å². The average Bonchev–Trinajstić information content (AvgIpc) is 2.49. The van der Waals surface area contributed by atoms with E-state index in [9.17, 15) is 0 Å². The summed E-state index contributed by atoms with van der Waals surface area (Å²) in [5.74, 6) is 0. The van der Waals surface area contributed by atoms with Gasteiger partial charge in [-0.1, -0.05) is 24.6 Å². The van der Waals surface area contributed by atoms with Crippen LogP contribution >= 0.6 is 11.6 Å². The van der Waals surface area contributed by atoms with Crippen LogP contribution in [0.15, 0.2) is 18.2 Å². The zero-order valence-corrected chi connectivity index (χ0v) is 14.2. The Bertz CT molecular complexity index is 453. The van der Waals surface area contributed by atoms with E-state index >= 15 is 0 Å². The summed E-state index contributed by atoms with van der Waals surface area (Å²) in [6.45, 7) is 11.0. The van der Waals surface area contributed by atoms with Gasteiger partial charge in [0, 0.05) is 49.0 Å². The number of nitrogens with zero attached hydrogens (tertiary/aromatic N) is 2. The van der Waals surface area contributed by atoms with Crippen LogP contribution in [-0.4, -0.2) is 43.2 Å². The van der Waals surface area contributed by atoms with Crippen LogP contribution in [0.4, 0.5) is 5.69 Å². The highest BCUT2D eigenvalue weighted by molar-refractivity contribution is 6.31. The first-order chi connectivity index (χ1) is 10.0. The van der Waals surface area contributed by atoms with Crippen LogP contribution in [0.1, 0.15) is 32.8 Å². The second kappa shape index (κ2) is 7.48. The summed E-state index contributed by atoms with van der Waals surface area (Å²) in [6, 6.07) is 7.26. The van der Waals surface area contributed by atoms with Crippen LogP contribution in [0.25, 0.3) is 0 Å². The molecule has 21 heavy (non-hydrogen) atoms. The molecule has 0 aromatic heterocycles.